The van der Waals surface area contributed by atoms with Crippen molar-refractivity contribution < 1.29 is 120 Å². The largest absolute Gasteiger partial charge is 0.463 e. The van der Waals surface area contributed by atoms with Gasteiger partial charge in [0.1, 0.15) is 67.4 Å². The molecule has 29 nitrogen and oxygen atoms in total. The van der Waals surface area contributed by atoms with Crippen molar-refractivity contribution in [3.05, 3.63) is 12.2 Å². The molecule has 0 aromatic carbocycles. The monoisotopic (exact) mass is 1190 g/mol. The van der Waals surface area contributed by atoms with Crippen molar-refractivity contribution in [3.63, 3.8) is 0 Å². The van der Waals surface area contributed by atoms with E-state index in [0.29, 0.717) is 6.42 Å². The van der Waals surface area contributed by atoms with E-state index in [1.54, 1.807) is 0 Å². The van der Waals surface area contributed by atoms with Crippen LogP contribution in [0.2, 0.25) is 0 Å². The molecule has 1 heterocycles. The summed E-state index contributed by atoms with van der Waals surface area (Å²) in [6.07, 6.45) is -6.17. The van der Waals surface area contributed by atoms with Crippen LogP contribution in [0.3, 0.4) is 0 Å². The van der Waals surface area contributed by atoms with E-state index in [1.165, 1.54) is 46.5 Å². The smallest absolute Gasteiger partial charge is 0.397 e. The zero-order valence-electron chi connectivity index (χ0n) is 47.9. The minimum Gasteiger partial charge on any atom is -0.463 e. The number of aliphatic hydroxyl groups excluding tert-OH is 8. The van der Waals surface area contributed by atoms with Gasteiger partial charge >= 0.3 is 16.4 Å². The zero-order valence-corrected chi connectivity index (χ0v) is 48.7. The molecule has 0 aliphatic carbocycles. The molecule has 1 aliphatic heterocycles. The van der Waals surface area contributed by atoms with Gasteiger partial charge in [-0.2, -0.15) is 8.42 Å². The number of esters is 1. The Balaban J connectivity index is 3.53. The number of amides is 4. The SMILES string of the molecule is CCCCCC/C=C\CCCCCCCC(=O)N[C@@H](CO)C(OC(COC(C)=O)[C@H](C)O)O[C@@H](C)C(CO)OC(OC1C(CO)OC(O[C@@H](C)C(COS(=O)(=O)O)OC(O)[C@H](CO)NC(C)=O)C(NC(C)=O)C1O)[C@H](CO)NC(C)=O. The van der Waals surface area contributed by atoms with Crippen LogP contribution in [-0.4, -0.2) is 234 Å². The predicted octanol–water partition coefficient (Wildman–Crippen LogP) is -1.63. The van der Waals surface area contributed by atoms with Crippen LogP contribution in [0, 0.1) is 0 Å². The lowest BCUT2D eigenvalue weighted by atomic mass is 9.96. The van der Waals surface area contributed by atoms with Crippen LogP contribution in [0.15, 0.2) is 12.2 Å². The Kier molecular flexibility index (Phi) is 38.5. The minimum absolute atomic E-state index is 0.0645. The third-order valence-electron chi connectivity index (χ3n) is 12.6. The maximum absolute atomic E-state index is 13.3. The Morgan fingerprint density at radius 2 is 1.19 bits per heavy atom. The molecule has 0 aromatic rings. The highest BCUT2D eigenvalue weighted by Gasteiger charge is 2.50. The van der Waals surface area contributed by atoms with E-state index in [-0.39, 0.29) is 6.42 Å². The second-order valence-corrected chi connectivity index (χ2v) is 20.9. The molecule has 474 valence electrons. The molecule has 4 amide bonds. The highest BCUT2D eigenvalue weighted by atomic mass is 32.3. The van der Waals surface area contributed by atoms with Crippen LogP contribution >= 0.6 is 0 Å². The van der Waals surface area contributed by atoms with E-state index in [2.05, 4.69) is 44.5 Å². The van der Waals surface area contributed by atoms with Crippen molar-refractivity contribution in [1.82, 2.24) is 21.3 Å². The molecule has 11 unspecified atom stereocenters. The highest BCUT2D eigenvalue weighted by molar-refractivity contribution is 7.80. The number of hydrogen-bond donors (Lipinski definition) is 13. The Morgan fingerprint density at radius 1 is 0.630 bits per heavy atom. The zero-order chi connectivity index (χ0) is 61.2. The number of carbonyl (C=O) groups excluding carboxylic acids is 5. The van der Waals surface area contributed by atoms with E-state index >= 15 is 0 Å². The van der Waals surface area contributed by atoms with E-state index in [4.69, 9.17) is 37.9 Å². The fraction of sp³-hybridized carbons (Fsp3) is 0.863. The summed E-state index contributed by atoms with van der Waals surface area (Å²) >= 11 is 0. The molecule has 0 saturated carbocycles. The average molecular weight is 1200 g/mol. The van der Waals surface area contributed by atoms with Crippen molar-refractivity contribution in [2.45, 2.75) is 237 Å². The molecule has 0 radical (unpaired) electrons. The fourth-order valence-electron chi connectivity index (χ4n) is 8.20. The average Bonchev–Trinajstić information content (AvgIpc) is 3.43. The second-order valence-electron chi connectivity index (χ2n) is 19.8. The van der Waals surface area contributed by atoms with Crippen molar-refractivity contribution in [3.8, 4) is 0 Å². The van der Waals surface area contributed by atoms with Gasteiger partial charge in [-0.05, 0) is 52.9 Å². The quantitative estimate of drug-likeness (QED) is 0.0107. The van der Waals surface area contributed by atoms with Crippen molar-refractivity contribution in [2.24, 2.45) is 0 Å². The van der Waals surface area contributed by atoms with Gasteiger partial charge in [0.25, 0.3) is 0 Å². The number of carbonyl (C=O) groups is 5. The molecule has 13 N–H and O–H groups in total. The Bertz CT molecular complexity index is 1920. The number of aliphatic hydroxyl groups is 8. The second kappa shape index (κ2) is 41.4. The normalized spacial score (nSPS) is 22.2. The molecule has 17 atom stereocenters. The van der Waals surface area contributed by atoms with E-state index in [9.17, 15) is 77.8 Å². The van der Waals surface area contributed by atoms with Crippen molar-refractivity contribution in [2.75, 3.05) is 46.2 Å². The topological polar surface area (TPSA) is 433 Å². The van der Waals surface area contributed by atoms with Crippen LogP contribution in [0.25, 0.3) is 0 Å². The summed E-state index contributed by atoms with van der Waals surface area (Å²) in [5.74, 6) is -3.44. The van der Waals surface area contributed by atoms with Crippen molar-refractivity contribution in [1.29, 1.82) is 0 Å². The molecular formula is C51H94N4O25S. The van der Waals surface area contributed by atoms with E-state index < -0.39 is 191 Å². The molecule has 1 saturated heterocycles. The van der Waals surface area contributed by atoms with E-state index in [1.807, 2.05) is 0 Å². The van der Waals surface area contributed by atoms with Crippen molar-refractivity contribution >= 4 is 40.0 Å². The molecule has 0 aromatic heterocycles. The van der Waals surface area contributed by atoms with Gasteiger partial charge in [0.05, 0.1) is 58.0 Å². The molecule has 1 aliphatic rings. The van der Waals surface area contributed by atoms with Gasteiger partial charge in [-0.3, -0.25) is 28.5 Å². The number of hydrogen-bond acceptors (Lipinski definition) is 24. The summed E-state index contributed by atoms with van der Waals surface area (Å²) < 4.78 is 84.0. The fourth-order valence-corrected chi connectivity index (χ4v) is 8.50. The lowest BCUT2D eigenvalue weighted by molar-refractivity contribution is -0.330. The third kappa shape index (κ3) is 31.2. The Labute approximate surface area is 475 Å². The van der Waals surface area contributed by atoms with Gasteiger partial charge < -0.3 is 100 Å². The van der Waals surface area contributed by atoms with Gasteiger partial charge in [-0.15, -0.1) is 0 Å². The molecule has 0 spiro atoms. The third-order valence-corrected chi connectivity index (χ3v) is 13.1. The molecule has 30 heteroatoms. The van der Waals surface area contributed by atoms with Gasteiger partial charge in [0.15, 0.2) is 25.2 Å². The number of nitrogens with one attached hydrogen (secondary N) is 4. The van der Waals surface area contributed by atoms with Gasteiger partial charge in [0, 0.05) is 34.1 Å². The molecule has 1 rings (SSSR count). The van der Waals surface area contributed by atoms with Gasteiger partial charge in [-0.1, -0.05) is 57.6 Å². The van der Waals surface area contributed by atoms with E-state index in [0.717, 1.165) is 66.2 Å². The number of rotatable bonds is 45. The summed E-state index contributed by atoms with van der Waals surface area (Å²) in [6, 6.07) is -6.05. The molecule has 0 bridgehead atoms. The maximum atomic E-state index is 13.3. The summed E-state index contributed by atoms with van der Waals surface area (Å²) in [4.78, 5) is 61.9. The summed E-state index contributed by atoms with van der Waals surface area (Å²) in [5.41, 5.74) is 0. The lowest BCUT2D eigenvalue weighted by Crippen LogP contribution is -2.67. The first-order valence-corrected chi connectivity index (χ1v) is 28.8. The van der Waals surface area contributed by atoms with Gasteiger partial charge in [-0.25, -0.2) is 4.18 Å². The molecular weight excluding hydrogens is 1100 g/mol. The van der Waals surface area contributed by atoms with Crippen LogP contribution in [0.5, 0.6) is 0 Å². The first kappa shape index (κ1) is 75.4. The number of unbranched alkanes of at least 4 members (excludes halogenated alkanes) is 9. The number of ether oxygens (including phenoxy) is 8. The molecule has 1 fully saturated rings. The Hall–Kier alpha value is -3.64. The van der Waals surface area contributed by atoms with Crippen LogP contribution in [0.4, 0.5) is 0 Å². The number of allylic oxidation sites excluding steroid dienone is 2. The highest BCUT2D eigenvalue weighted by Crippen LogP contribution is 2.29. The van der Waals surface area contributed by atoms with Crippen LogP contribution in [0.1, 0.15) is 132 Å². The summed E-state index contributed by atoms with van der Waals surface area (Å²) in [7, 11) is -5.16. The first-order valence-electron chi connectivity index (χ1n) is 27.4. The summed E-state index contributed by atoms with van der Waals surface area (Å²) in [5, 5.41) is 95.5. The van der Waals surface area contributed by atoms with Crippen LogP contribution in [-0.2, 0) is 76.4 Å². The maximum Gasteiger partial charge on any atom is 0.397 e. The van der Waals surface area contributed by atoms with Crippen LogP contribution < -0.4 is 21.3 Å². The van der Waals surface area contributed by atoms with Gasteiger partial charge in [0.2, 0.25) is 23.6 Å². The summed E-state index contributed by atoms with van der Waals surface area (Å²) in [6.45, 7) is 4.29. The lowest BCUT2D eigenvalue weighted by Gasteiger charge is -2.46. The minimum atomic E-state index is -5.16. The Morgan fingerprint density at radius 3 is 1.70 bits per heavy atom. The standard InChI is InChI=1S/C51H94N4O25S/c1-9-10-11-12-13-14-15-16-17-18-19-20-21-22-44(66)55-39(25-58)49(79-42(30(2)61)28-72-36(8)65)74-31(3)40(26-59)77-50(38(24-57)53-34(6)63)80-47-41(27-60)78-51(45(46(47)67)54-35(7)64)75-32(4)43(29-73-81(69,70)71)76-48(68)37(23-56)52-33(5)62/h14-15,30-32,37-43,45-51,56-61,67-68H,9-13,16-29H2,1-8H3,(H,52,62)(H,53,63)(H,54,64)(H,55,66)(H,69,70,71)/b15-14-/t30-,31-,32-,37-,38-,39-,40?,41?,42?,43?,45?,46?,47?,48?,49?,50?,51?/m0/s1. The molecule has 81 heavy (non-hydrogen) atoms. The predicted molar refractivity (Wildman–Crippen MR) is 285 cm³/mol. The first-order chi connectivity index (χ1) is 38.2.